The van der Waals surface area contributed by atoms with Gasteiger partial charge in [-0.1, -0.05) is 13.0 Å². The monoisotopic (exact) mass is 271 g/mol. The zero-order chi connectivity index (χ0) is 13.9. The molecule has 3 N–H and O–H groups in total. The Bertz CT molecular complexity index is 540. The van der Waals surface area contributed by atoms with Crippen LogP contribution in [0.3, 0.4) is 0 Å². The molecule has 4 rings (SSSR count). The molecule has 0 aliphatic heterocycles. The zero-order valence-corrected chi connectivity index (χ0v) is 12.3. The molecule has 0 radical (unpaired) electrons. The van der Waals surface area contributed by atoms with E-state index in [1.54, 1.807) is 5.56 Å². The lowest BCUT2D eigenvalue weighted by Gasteiger charge is -2.50. The molecule has 20 heavy (non-hydrogen) atoms. The molecule has 0 heterocycles. The van der Waals surface area contributed by atoms with E-state index in [0.717, 1.165) is 23.9 Å². The maximum atomic E-state index is 10.4. The summed E-state index contributed by atoms with van der Waals surface area (Å²) in [7, 11) is 0. The van der Waals surface area contributed by atoms with E-state index < -0.39 is 0 Å². The van der Waals surface area contributed by atoms with Gasteiger partial charge in [0.25, 0.3) is 0 Å². The summed E-state index contributed by atoms with van der Waals surface area (Å²) >= 11 is 0. The lowest BCUT2D eigenvalue weighted by Crippen LogP contribution is -2.43. The predicted molar refractivity (Wildman–Crippen MR) is 81.5 cm³/mol. The van der Waals surface area contributed by atoms with Gasteiger partial charge in [0.1, 0.15) is 0 Å². The molecule has 2 heteroatoms. The topological polar surface area (TPSA) is 46.2 Å². The molecule has 0 spiro atoms. The Hall–Kier alpha value is -1.02. The normalized spacial score (nSPS) is 42.7. The van der Waals surface area contributed by atoms with Crippen molar-refractivity contribution in [3.63, 3.8) is 0 Å². The van der Waals surface area contributed by atoms with Crippen LogP contribution in [0.5, 0.6) is 0 Å². The Morgan fingerprint density at radius 1 is 1.20 bits per heavy atom. The Labute approximate surface area is 121 Å². The molecule has 5 atom stereocenters. The van der Waals surface area contributed by atoms with Crippen molar-refractivity contribution in [1.29, 1.82) is 0 Å². The summed E-state index contributed by atoms with van der Waals surface area (Å²) in [6.07, 6.45) is 7.05. The third-order valence-electron chi connectivity index (χ3n) is 6.70. The molecule has 1 aromatic rings. The van der Waals surface area contributed by atoms with Gasteiger partial charge >= 0.3 is 0 Å². The van der Waals surface area contributed by atoms with Crippen molar-refractivity contribution in [2.75, 3.05) is 5.73 Å². The summed E-state index contributed by atoms with van der Waals surface area (Å²) in [6, 6.07) is 6.52. The summed E-state index contributed by atoms with van der Waals surface area (Å²) in [5.74, 6) is 2.21. The van der Waals surface area contributed by atoms with Gasteiger partial charge in [0.2, 0.25) is 0 Å². The zero-order valence-electron chi connectivity index (χ0n) is 12.3. The Morgan fingerprint density at radius 3 is 2.90 bits per heavy atom. The van der Waals surface area contributed by atoms with Gasteiger partial charge in [-0.2, -0.15) is 0 Å². The van der Waals surface area contributed by atoms with Gasteiger partial charge in [-0.25, -0.2) is 0 Å². The van der Waals surface area contributed by atoms with Crippen molar-refractivity contribution >= 4 is 5.69 Å². The van der Waals surface area contributed by atoms with E-state index >= 15 is 0 Å². The molecule has 0 bridgehead atoms. The molecule has 2 fully saturated rings. The second-order valence-electron chi connectivity index (χ2n) is 7.51. The van der Waals surface area contributed by atoms with E-state index in [1.165, 1.54) is 37.7 Å². The van der Waals surface area contributed by atoms with Crippen molar-refractivity contribution in [2.45, 2.75) is 57.5 Å². The quantitative estimate of drug-likeness (QED) is 0.710. The highest BCUT2D eigenvalue weighted by Gasteiger charge is 2.54. The van der Waals surface area contributed by atoms with Crippen LogP contribution in [0, 0.1) is 17.3 Å². The molecule has 3 aliphatic rings. The molecule has 0 aromatic heterocycles. The largest absolute Gasteiger partial charge is 0.399 e. The van der Waals surface area contributed by atoms with E-state index in [9.17, 15) is 5.11 Å². The van der Waals surface area contributed by atoms with Crippen molar-refractivity contribution < 1.29 is 5.11 Å². The standard InChI is InChI=1S/C18H25NO/c1-18-9-8-14-13-5-3-12(19)10-11(13)2-4-15(14)16(18)6-7-17(18)20/h3,5,10,14-17,20H,2,4,6-9,19H2,1H3/t14-,15-,16-,17-,18-/m0/s1. The van der Waals surface area contributed by atoms with Gasteiger partial charge in [0.05, 0.1) is 6.10 Å². The van der Waals surface area contributed by atoms with E-state index in [1.807, 2.05) is 0 Å². The number of benzene rings is 1. The van der Waals surface area contributed by atoms with E-state index in [2.05, 4.69) is 25.1 Å². The van der Waals surface area contributed by atoms with Crippen molar-refractivity contribution in [3.05, 3.63) is 29.3 Å². The highest BCUT2D eigenvalue weighted by molar-refractivity contribution is 5.47. The minimum atomic E-state index is -0.0683. The van der Waals surface area contributed by atoms with E-state index in [4.69, 9.17) is 5.73 Å². The average Bonchev–Trinajstić information content (AvgIpc) is 2.74. The summed E-state index contributed by atoms with van der Waals surface area (Å²) in [5, 5.41) is 10.4. The number of aliphatic hydroxyl groups is 1. The smallest absolute Gasteiger partial charge is 0.0596 e. The third kappa shape index (κ3) is 1.60. The SMILES string of the molecule is C[C@]12CC[C@H]3c4ccc(N)cc4CC[C@@H]3[C@@H]1CC[C@@H]2O. The van der Waals surface area contributed by atoms with E-state index in [0.29, 0.717) is 5.92 Å². The van der Waals surface area contributed by atoms with Gasteiger partial charge in [-0.3, -0.25) is 0 Å². The minimum absolute atomic E-state index is 0.0683. The van der Waals surface area contributed by atoms with Crippen LogP contribution in [-0.2, 0) is 6.42 Å². The van der Waals surface area contributed by atoms with Crippen LogP contribution in [0.2, 0.25) is 0 Å². The maximum Gasteiger partial charge on any atom is 0.0596 e. The molecular formula is C18H25NO. The molecule has 108 valence electrons. The lowest BCUT2D eigenvalue weighted by molar-refractivity contribution is -0.0226. The Morgan fingerprint density at radius 2 is 2.05 bits per heavy atom. The molecule has 2 saturated carbocycles. The fourth-order valence-electron chi connectivity index (χ4n) is 5.57. The first kappa shape index (κ1) is 12.7. The number of hydrogen-bond acceptors (Lipinski definition) is 2. The van der Waals surface area contributed by atoms with Gasteiger partial charge in [-0.15, -0.1) is 0 Å². The van der Waals surface area contributed by atoms with Crippen molar-refractivity contribution in [3.8, 4) is 0 Å². The van der Waals surface area contributed by atoms with Gasteiger partial charge in [0.15, 0.2) is 0 Å². The van der Waals surface area contributed by atoms with Gasteiger partial charge in [0, 0.05) is 5.69 Å². The van der Waals surface area contributed by atoms with Crippen LogP contribution < -0.4 is 5.73 Å². The average molecular weight is 271 g/mol. The molecule has 3 aliphatic carbocycles. The van der Waals surface area contributed by atoms with Crippen LogP contribution in [0.4, 0.5) is 5.69 Å². The fourth-order valence-corrected chi connectivity index (χ4v) is 5.57. The number of nitrogen functional groups attached to an aromatic ring is 1. The van der Waals surface area contributed by atoms with Gasteiger partial charge < -0.3 is 10.8 Å². The first-order chi connectivity index (χ1) is 9.59. The first-order valence-corrected chi connectivity index (χ1v) is 8.16. The molecule has 1 aromatic carbocycles. The van der Waals surface area contributed by atoms with Crippen LogP contribution in [0.25, 0.3) is 0 Å². The number of nitrogens with two attached hydrogens (primary N) is 1. The second kappa shape index (κ2) is 4.24. The highest BCUT2D eigenvalue weighted by Crippen LogP contribution is 2.60. The van der Waals surface area contributed by atoms with Crippen LogP contribution in [0.1, 0.15) is 56.1 Å². The van der Waals surface area contributed by atoms with Crippen LogP contribution in [-0.4, -0.2) is 11.2 Å². The number of aliphatic hydroxyl groups excluding tert-OH is 1. The number of fused-ring (bicyclic) bond motifs is 5. The van der Waals surface area contributed by atoms with Crippen LogP contribution >= 0.6 is 0 Å². The summed E-state index contributed by atoms with van der Waals surface area (Å²) in [6.45, 7) is 2.34. The predicted octanol–water partition coefficient (Wildman–Crippen LogP) is 3.49. The van der Waals surface area contributed by atoms with Crippen molar-refractivity contribution in [2.24, 2.45) is 17.3 Å². The second-order valence-corrected chi connectivity index (χ2v) is 7.51. The maximum absolute atomic E-state index is 10.4. The summed E-state index contributed by atoms with van der Waals surface area (Å²) in [5.41, 5.74) is 10.1. The third-order valence-corrected chi connectivity index (χ3v) is 6.70. The molecule has 2 nitrogen and oxygen atoms in total. The number of anilines is 1. The number of aryl methyl sites for hydroxylation is 1. The fraction of sp³-hybridized carbons (Fsp3) is 0.667. The van der Waals surface area contributed by atoms with Gasteiger partial charge in [-0.05, 0) is 85.0 Å². The highest BCUT2D eigenvalue weighted by atomic mass is 16.3. The summed E-state index contributed by atoms with van der Waals surface area (Å²) < 4.78 is 0. The number of hydrogen-bond donors (Lipinski definition) is 2. The number of rotatable bonds is 0. The molecule has 0 unspecified atom stereocenters. The van der Waals surface area contributed by atoms with Crippen molar-refractivity contribution in [1.82, 2.24) is 0 Å². The van der Waals surface area contributed by atoms with Crippen LogP contribution in [0.15, 0.2) is 18.2 Å². The first-order valence-electron chi connectivity index (χ1n) is 8.16. The minimum Gasteiger partial charge on any atom is -0.399 e. The molecule has 0 amide bonds. The Balaban J connectivity index is 1.71. The summed E-state index contributed by atoms with van der Waals surface area (Å²) in [4.78, 5) is 0. The molecular weight excluding hydrogens is 246 g/mol. The Kier molecular flexibility index (Phi) is 2.69. The molecule has 0 saturated heterocycles. The van der Waals surface area contributed by atoms with E-state index in [-0.39, 0.29) is 11.5 Å². The lowest BCUT2D eigenvalue weighted by atomic mass is 9.55.